The Morgan fingerprint density at radius 1 is 1.53 bits per heavy atom. The van der Waals surface area contributed by atoms with E-state index in [9.17, 15) is 4.79 Å². The molecule has 1 N–H and O–H groups in total. The Kier molecular flexibility index (Phi) is 4.42. The fourth-order valence-corrected chi connectivity index (χ4v) is 3.15. The average Bonchev–Trinajstić information content (AvgIpc) is 2.75. The number of thioether (sulfide) groups is 1. The van der Waals surface area contributed by atoms with Gasteiger partial charge in [0.25, 0.3) is 0 Å². The summed E-state index contributed by atoms with van der Waals surface area (Å²) in [6.07, 6.45) is 4.99. The summed E-state index contributed by atoms with van der Waals surface area (Å²) in [5.74, 6) is 1.53. The predicted octanol–water partition coefficient (Wildman–Crippen LogP) is 1.92. The number of rotatable bonds is 5. The summed E-state index contributed by atoms with van der Waals surface area (Å²) in [4.78, 5) is 14.6. The summed E-state index contributed by atoms with van der Waals surface area (Å²) in [5.41, 5.74) is 0. The first-order valence-corrected chi connectivity index (χ1v) is 6.94. The van der Waals surface area contributed by atoms with Crippen LogP contribution >= 0.6 is 11.8 Å². The van der Waals surface area contributed by atoms with Gasteiger partial charge in [0, 0.05) is 18.1 Å². The standard InChI is InChI=1S/C11H16N2O3S/c14-11(15)5-4-9-12-10(16-13-9)7-8-3-1-2-6-17-8/h8H,1-7H2,(H,14,15). The van der Waals surface area contributed by atoms with Gasteiger partial charge in [0.2, 0.25) is 5.89 Å². The van der Waals surface area contributed by atoms with E-state index in [0.29, 0.717) is 23.4 Å². The number of aliphatic carboxylic acids is 1. The van der Waals surface area contributed by atoms with Crippen LogP contribution in [-0.2, 0) is 17.6 Å². The average molecular weight is 256 g/mol. The zero-order valence-corrected chi connectivity index (χ0v) is 10.4. The number of aryl methyl sites for hydroxylation is 1. The SMILES string of the molecule is O=C(O)CCc1noc(CC2CCCCS2)n1. The van der Waals surface area contributed by atoms with Crippen molar-refractivity contribution in [3.8, 4) is 0 Å². The van der Waals surface area contributed by atoms with Crippen LogP contribution in [0.15, 0.2) is 4.52 Å². The minimum absolute atomic E-state index is 0.0527. The van der Waals surface area contributed by atoms with Crippen molar-refractivity contribution in [3.63, 3.8) is 0 Å². The normalized spacial score (nSPS) is 20.4. The van der Waals surface area contributed by atoms with Crippen molar-refractivity contribution in [2.45, 2.75) is 43.8 Å². The number of nitrogens with zero attached hydrogens (tertiary/aromatic N) is 2. The van der Waals surface area contributed by atoms with Gasteiger partial charge in [-0.2, -0.15) is 16.7 Å². The third-order valence-electron chi connectivity index (χ3n) is 2.75. The maximum Gasteiger partial charge on any atom is 0.303 e. The maximum absolute atomic E-state index is 10.4. The van der Waals surface area contributed by atoms with Crippen LogP contribution in [0.3, 0.4) is 0 Å². The molecule has 5 nitrogen and oxygen atoms in total. The second-order valence-corrected chi connectivity index (χ2v) is 5.60. The molecule has 1 atom stereocenters. The summed E-state index contributed by atoms with van der Waals surface area (Å²) in [6, 6.07) is 0. The molecule has 0 aromatic carbocycles. The third kappa shape index (κ3) is 4.03. The van der Waals surface area contributed by atoms with E-state index in [-0.39, 0.29) is 6.42 Å². The Bertz CT molecular complexity index is 375. The van der Waals surface area contributed by atoms with Gasteiger partial charge in [0.05, 0.1) is 6.42 Å². The Hall–Kier alpha value is -1.04. The van der Waals surface area contributed by atoms with Crippen molar-refractivity contribution in [2.75, 3.05) is 5.75 Å². The lowest BCUT2D eigenvalue weighted by atomic mass is 10.1. The number of carboxylic acid groups (broad SMARTS) is 1. The summed E-state index contributed by atoms with van der Waals surface area (Å²) in [5, 5.41) is 12.9. The molecule has 1 fully saturated rings. The molecule has 6 heteroatoms. The Labute approximate surface area is 104 Å². The van der Waals surface area contributed by atoms with E-state index in [1.165, 1.54) is 25.0 Å². The number of hydrogen-bond donors (Lipinski definition) is 1. The molecule has 0 bridgehead atoms. The Morgan fingerprint density at radius 2 is 2.41 bits per heavy atom. The highest BCUT2D eigenvalue weighted by Gasteiger charge is 2.18. The highest BCUT2D eigenvalue weighted by Crippen LogP contribution is 2.27. The molecule has 0 amide bonds. The lowest BCUT2D eigenvalue weighted by molar-refractivity contribution is -0.137. The Morgan fingerprint density at radius 3 is 3.12 bits per heavy atom. The first-order chi connectivity index (χ1) is 8.24. The molecule has 2 rings (SSSR count). The maximum atomic E-state index is 10.4. The molecule has 17 heavy (non-hydrogen) atoms. The molecular formula is C11H16N2O3S. The van der Waals surface area contributed by atoms with E-state index in [4.69, 9.17) is 9.63 Å². The fraction of sp³-hybridized carbons (Fsp3) is 0.727. The van der Waals surface area contributed by atoms with Gasteiger partial charge in [-0.15, -0.1) is 0 Å². The largest absolute Gasteiger partial charge is 0.481 e. The van der Waals surface area contributed by atoms with Gasteiger partial charge in [-0.1, -0.05) is 11.6 Å². The van der Waals surface area contributed by atoms with Gasteiger partial charge >= 0.3 is 5.97 Å². The van der Waals surface area contributed by atoms with Gasteiger partial charge in [-0.05, 0) is 18.6 Å². The molecule has 2 heterocycles. The summed E-state index contributed by atoms with van der Waals surface area (Å²) >= 11 is 1.96. The van der Waals surface area contributed by atoms with E-state index in [1.807, 2.05) is 11.8 Å². The van der Waals surface area contributed by atoms with Gasteiger partial charge in [-0.25, -0.2) is 0 Å². The summed E-state index contributed by atoms with van der Waals surface area (Å²) in [7, 11) is 0. The Balaban J connectivity index is 1.82. The van der Waals surface area contributed by atoms with Crippen LogP contribution in [0.25, 0.3) is 0 Å². The van der Waals surface area contributed by atoms with E-state index < -0.39 is 5.97 Å². The quantitative estimate of drug-likeness (QED) is 0.867. The van der Waals surface area contributed by atoms with Crippen LogP contribution in [-0.4, -0.2) is 32.2 Å². The van der Waals surface area contributed by atoms with Crippen LogP contribution in [0.2, 0.25) is 0 Å². The third-order valence-corrected chi connectivity index (χ3v) is 4.15. The number of carboxylic acids is 1. The zero-order valence-electron chi connectivity index (χ0n) is 9.59. The fourth-order valence-electron chi connectivity index (χ4n) is 1.86. The molecule has 1 unspecified atom stereocenters. The molecule has 1 aliphatic rings. The zero-order chi connectivity index (χ0) is 12.1. The molecule has 0 radical (unpaired) electrons. The minimum Gasteiger partial charge on any atom is -0.481 e. The lowest BCUT2D eigenvalue weighted by Crippen LogP contribution is -2.12. The van der Waals surface area contributed by atoms with Gasteiger partial charge in [0.15, 0.2) is 5.82 Å². The second-order valence-electron chi connectivity index (χ2n) is 4.19. The van der Waals surface area contributed by atoms with Crippen molar-refractivity contribution in [1.29, 1.82) is 0 Å². The van der Waals surface area contributed by atoms with E-state index in [0.717, 1.165) is 6.42 Å². The molecule has 1 aromatic heterocycles. The highest BCUT2D eigenvalue weighted by atomic mass is 32.2. The van der Waals surface area contributed by atoms with E-state index >= 15 is 0 Å². The highest BCUT2D eigenvalue weighted by molar-refractivity contribution is 7.99. The summed E-state index contributed by atoms with van der Waals surface area (Å²) < 4.78 is 5.13. The van der Waals surface area contributed by atoms with Crippen molar-refractivity contribution in [2.24, 2.45) is 0 Å². The lowest BCUT2D eigenvalue weighted by Gasteiger charge is -2.19. The predicted molar refractivity (Wildman–Crippen MR) is 64.1 cm³/mol. The molecule has 0 aliphatic carbocycles. The van der Waals surface area contributed by atoms with Crippen LogP contribution in [0.1, 0.15) is 37.4 Å². The number of hydrogen-bond acceptors (Lipinski definition) is 5. The van der Waals surface area contributed by atoms with Crippen LogP contribution < -0.4 is 0 Å². The topological polar surface area (TPSA) is 76.2 Å². The molecule has 1 saturated heterocycles. The first-order valence-electron chi connectivity index (χ1n) is 5.89. The second kappa shape index (κ2) is 6.05. The number of carbonyl (C=O) groups is 1. The van der Waals surface area contributed by atoms with E-state index in [1.54, 1.807) is 0 Å². The molecule has 0 spiro atoms. The van der Waals surface area contributed by atoms with Gasteiger partial charge in [-0.3, -0.25) is 4.79 Å². The number of aromatic nitrogens is 2. The molecule has 94 valence electrons. The molecular weight excluding hydrogens is 240 g/mol. The molecule has 1 aliphatic heterocycles. The van der Waals surface area contributed by atoms with Gasteiger partial charge < -0.3 is 9.63 Å². The van der Waals surface area contributed by atoms with Crippen molar-refractivity contribution in [3.05, 3.63) is 11.7 Å². The van der Waals surface area contributed by atoms with Gasteiger partial charge in [0.1, 0.15) is 0 Å². The van der Waals surface area contributed by atoms with Crippen molar-refractivity contribution < 1.29 is 14.4 Å². The van der Waals surface area contributed by atoms with Crippen LogP contribution in [0.4, 0.5) is 0 Å². The smallest absolute Gasteiger partial charge is 0.303 e. The van der Waals surface area contributed by atoms with Crippen LogP contribution in [0.5, 0.6) is 0 Å². The molecule has 1 aromatic rings. The molecule has 0 saturated carbocycles. The van der Waals surface area contributed by atoms with Crippen molar-refractivity contribution >= 4 is 17.7 Å². The minimum atomic E-state index is -0.834. The van der Waals surface area contributed by atoms with Crippen LogP contribution in [0, 0.1) is 0 Å². The monoisotopic (exact) mass is 256 g/mol. The van der Waals surface area contributed by atoms with E-state index in [2.05, 4.69) is 10.1 Å². The van der Waals surface area contributed by atoms with Crippen molar-refractivity contribution in [1.82, 2.24) is 10.1 Å². The first kappa shape index (κ1) is 12.4. The summed E-state index contributed by atoms with van der Waals surface area (Å²) in [6.45, 7) is 0.